The van der Waals surface area contributed by atoms with Gasteiger partial charge in [0.2, 0.25) is 11.9 Å². The number of anilines is 5. The first-order chi connectivity index (χ1) is 16.0. The van der Waals surface area contributed by atoms with Crippen LogP contribution in [0.1, 0.15) is 5.56 Å². The Hall–Kier alpha value is -4.53. The lowest BCUT2D eigenvalue weighted by molar-refractivity contribution is -0.111. The smallest absolute Gasteiger partial charge is 0.248 e. The van der Waals surface area contributed by atoms with Crippen LogP contribution in [0.4, 0.5) is 33.2 Å². The van der Waals surface area contributed by atoms with E-state index >= 15 is 0 Å². The predicted molar refractivity (Wildman–Crippen MR) is 126 cm³/mol. The molecule has 2 heterocycles. The fraction of sp³-hybridized carbons (Fsp3) is 0.0833. The molecule has 4 rings (SSSR count). The second-order valence-corrected chi connectivity index (χ2v) is 7.21. The van der Waals surface area contributed by atoms with E-state index in [1.165, 1.54) is 6.08 Å². The lowest BCUT2D eigenvalue weighted by Gasteiger charge is -2.11. The highest BCUT2D eigenvalue weighted by Gasteiger charge is 2.09. The van der Waals surface area contributed by atoms with E-state index in [-0.39, 0.29) is 17.7 Å². The van der Waals surface area contributed by atoms with E-state index in [0.717, 1.165) is 17.4 Å². The van der Waals surface area contributed by atoms with Crippen molar-refractivity contribution in [2.24, 2.45) is 0 Å². The van der Waals surface area contributed by atoms with E-state index in [0.29, 0.717) is 17.9 Å². The van der Waals surface area contributed by atoms with Gasteiger partial charge in [-0.3, -0.25) is 9.48 Å². The van der Waals surface area contributed by atoms with E-state index in [9.17, 15) is 9.18 Å². The summed E-state index contributed by atoms with van der Waals surface area (Å²) in [5, 5.41) is 12.9. The van der Waals surface area contributed by atoms with E-state index < -0.39 is 5.82 Å². The van der Waals surface area contributed by atoms with Crippen LogP contribution in [-0.2, 0) is 11.3 Å². The third kappa shape index (κ3) is 6.23. The summed E-state index contributed by atoms with van der Waals surface area (Å²) in [4.78, 5) is 20.4. The quantitative estimate of drug-likeness (QED) is 0.339. The van der Waals surface area contributed by atoms with Crippen LogP contribution in [0.25, 0.3) is 0 Å². The van der Waals surface area contributed by atoms with E-state index in [2.05, 4.69) is 31.0 Å². The summed E-state index contributed by atoms with van der Waals surface area (Å²) in [6.07, 6.45) is 7.77. The van der Waals surface area contributed by atoms with Gasteiger partial charge in [-0.1, -0.05) is 24.3 Å². The number of hydrogen-bond acceptors (Lipinski definition) is 6. The van der Waals surface area contributed by atoms with Crippen molar-refractivity contribution in [1.82, 2.24) is 19.7 Å². The Morgan fingerprint density at radius 2 is 1.85 bits per heavy atom. The van der Waals surface area contributed by atoms with Gasteiger partial charge in [0.1, 0.15) is 0 Å². The Morgan fingerprint density at radius 1 is 1.06 bits per heavy atom. The topological polar surface area (TPSA) is 96.8 Å². The second kappa shape index (κ2) is 10.2. The average molecular weight is 443 g/mol. The summed E-state index contributed by atoms with van der Waals surface area (Å²) in [6, 6.07) is 16.4. The Morgan fingerprint density at radius 3 is 2.64 bits per heavy atom. The van der Waals surface area contributed by atoms with E-state index in [1.807, 2.05) is 43.5 Å². The highest BCUT2D eigenvalue weighted by molar-refractivity contribution is 5.99. The first kappa shape index (κ1) is 21.7. The number of carbonyl (C=O) groups excluding carboxylic acids is 1. The van der Waals surface area contributed by atoms with Crippen LogP contribution in [0.3, 0.4) is 0 Å². The van der Waals surface area contributed by atoms with Crippen molar-refractivity contribution in [3.05, 3.63) is 96.7 Å². The zero-order chi connectivity index (χ0) is 23.0. The third-order valence-corrected chi connectivity index (χ3v) is 4.53. The molecule has 0 saturated heterocycles. The number of allylic oxidation sites excluding steroid dienone is 1. The molecule has 0 radical (unpaired) electrons. The van der Waals surface area contributed by atoms with Crippen molar-refractivity contribution < 1.29 is 9.18 Å². The molecule has 0 aliphatic heterocycles. The van der Waals surface area contributed by atoms with Gasteiger partial charge in [0, 0.05) is 35.5 Å². The minimum atomic E-state index is -0.565. The SMILES string of the molecule is Cc1cccc(Nc2nc(Nc3cccc(NC(=O)C=CCn4cccn4)c3)ncc2F)c1. The molecule has 2 aromatic heterocycles. The fourth-order valence-corrected chi connectivity index (χ4v) is 3.04. The molecule has 0 aliphatic carbocycles. The Kier molecular flexibility index (Phi) is 6.70. The number of carbonyl (C=O) groups is 1. The van der Waals surface area contributed by atoms with Crippen LogP contribution in [0.5, 0.6) is 0 Å². The molecule has 166 valence electrons. The molecule has 0 saturated carbocycles. The van der Waals surface area contributed by atoms with Gasteiger partial charge in [-0.05, 0) is 48.9 Å². The van der Waals surface area contributed by atoms with Crippen LogP contribution in [0.2, 0.25) is 0 Å². The third-order valence-electron chi connectivity index (χ3n) is 4.53. The van der Waals surface area contributed by atoms with Gasteiger partial charge in [-0.15, -0.1) is 0 Å². The fourth-order valence-electron chi connectivity index (χ4n) is 3.04. The highest BCUT2D eigenvalue weighted by Crippen LogP contribution is 2.22. The van der Waals surface area contributed by atoms with Gasteiger partial charge in [0.05, 0.1) is 12.7 Å². The van der Waals surface area contributed by atoms with Crippen LogP contribution in [0.15, 0.2) is 85.3 Å². The molecule has 0 unspecified atom stereocenters. The molecule has 0 aliphatic rings. The van der Waals surface area contributed by atoms with Crippen LogP contribution in [-0.4, -0.2) is 25.7 Å². The number of amides is 1. The summed E-state index contributed by atoms with van der Waals surface area (Å²) in [5.41, 5.74) is 3.00. The van der Waals surface area contributed by atoms with Crippen molar-refractivity contribution in [1.29, 1.82) is 0 Å². The molecule has 0 bridgehead atoms. The molecule has 8 nitrogen and oxygen atoms in total. The van der Waals surface area contributed by atoms with Gasteiger partial charge in [-0.25, -0.2) is 9.37 Å². The maximum absolute atomic E-state index is 14.2. The number of nitrogens with one attached hydrogen (secondary N) is 3. The molecule has 33 heavy (non-hydrogen) atoms. The molecular weight excluding hydrogens is 421 g/mol. The molecule has 0 fully saturated rings. The number of halogens is 1. The average Bonchev–Trinajstić information content (AvgIpc) is 3.30. The lowest BCUT2D eigenvalue weighted by Crippen LogP contribution is -2.09. The van der Waals surface area contributed by atoms with Crippen LogP contribution >= 0.6 is 0 Å². The van der Waals surface area contributed by atoms with E-state index in [4.69, 9.17) is 0 Å². The zero-order valence-electron chi connectivity index (χ0n) is 17.9. The largest absolute Gasteiger partial charge is 0.338 e. The van der Waals surface area contributed by atoms with Crippen molar-refractivity contribution in [3.8, 4) is 0 Å². The number of rotatable bonds is 8. The molecule has 2 aromatic carbocycles. The molecule has 3 N–H and O–H groups in total. The molecule has 1 amide bonds. The van der Waals surface area contributed by atoms with Crippen molar-refractivity contribution in [2.45, 2.75) is 13.5 Å². The van der Waals surface area contributed by atoms with Gasteiger partial charge >= 0.3 is 0 Å². The first-order valence-electron chi connectivity index (χ1n) is 10.2. The molecular formula is C24H22FN7O. The van der Waals surface area contributed by atoms with Crippen molar-refractivity contribution >= 4 is 34.7 Å². The van der Waals surface area contributed by atoms with Crippen molar-refractivity contribution in [3.63, 3.8) is 0 Å². The van der Waals surface area contributed by atoms with Gasteiger partial charge < -0.3 is 16.0 Å². The highest BCUT2D eigenvalue weighted by atomic mass is 19.1. The normalized spacial score (nSPS) is 10.8. The van der Waals surface area contributed by atoms with Gasteiger partial charge in [0.25, 0.3) is 0 Å². The first-order valence-corrected chi connectivity index (χ1v) is 10.2. The molecule has 0 atom stereocenters. The molecule has 9 heteroatoms. The van der Waals surface area contributed by atoms with Crippen LogP contribution < -0.4 is 16.0 Å². The minimum absolute atomic E-state index is 0.0601. The Balaban J connectivity index is 1.40. The Labute approximate surface area is 190 Å². The number of aromatic nitrogens is 4. The monoisotopic (exact) mass is 443 g/mol. The van der Waals surface area contributed by atoms with Crippen LogP contribution in [0, 0.1) is 12.7 Å². The maximum Gasteiger partial charge on any atom is 0.248 e. The van der Waals surface area contributed by atoms with Gasteiger partial charge in [-0.2, -0.15) is 10.1 Å². The summed E-state index contributed by atoms with van der Waals surface area (Å²) in [6.45, 7) is 2.46. The van der Waals surface area contributed by atoms with Crippen molar-refractivity contribution in [2.75, 3.05) is 16.0 Å². The van der Waals surface area contributed by atoms with Gasteiger partial charge in [0.15, 0.2) is 11.6 Å². The number of hydrogen-bond donors (Lipinski definition) is 3. The Bertz CT molecular complexity index is 1270. The summed E-state index contributed by atoms with van der Waals surface area (Å²) < 4.78 is 15.9. The molecule has 4 aromatic rings. The maximum atomic E-state index is 14.2. The summed E-state index contributed by atoms with van der Waals surface area (Å²) >= 11 is 0. The van der Waals surface area contributed by atoms with E-state index in [1.54, 1.807) is 41.2 Å². The minimum Gasteiger partial charge on any atom is -0.338 e. The predicted octanol–water partition coefficient (Wildman–Crippen LogP) is 4.80. The summed E-state index contributed by atoms with van der Waals surface area (Å²) in [5.74, 6) is -0.550. The second-order valence-electron chi connectivity index (χ2n) is 7.21. The number of aryl methyl sites for hydroxylation is 1. The molecule has 0 spiro atoms. The number of benzene rings is 2. The summed E-state index contributed by atoms with van der Waals surface area (Å²) in [7, 11) is 0. The number of nitrogens with zero attached hydrogens (tertiary/aromatic N) is 4. The standard InChI is InChI=1S/C24H22FN7O/c1-17-6-2-7-18(14-17)29-23-21(25)16-26-24(31-23)30-20-9-3-8-19(15-20)28-22(33)10-4-12-32-13-5-11-27-32/h2-11,13-16H,12H2,1H3,(H,28,33)(H2,26,29,30,31). The zero-order valence-corrected chi connectivity index (χ0v) is 17.9. The lowest BCUT2D eigenvalue weighted by atomic mass is 10.2.